The first-order valence-electron chi connectivity index (χ1n) is 9.48. The zero-order valence-electron chi connectivity index (χ0n) is 16.2. The first kappa shape index (κ1) is 18.7. The average molecular weight is 389 g/mol. The first-order chi connectivity index (χ1) is 14.2. The van der Waals surface area contributed by atoms with E-state index >= 15 is 0 Å². The molecule has 0 fully saturated rings. The van der Waals surface area contributed by atoms with Crippen molar-refractivity contribution in [3.63, 3.8) is 0 Å². The Bertz CT molecular complexity index is 990. The Balaban J connectivity index is 1.32. The third-order valence-corrected chi connectivity index (χ3v) is 4.73. The van der Waals surface area contributed by atoms with E-state index in [2.05, 4.69) is 20.4 Å². The van der Waals surface area contributed by atoms with Gasteiger partial charge in [0.15, 0.2) is 6.10 Å². The van der Waals surface area contributed by atoms with Crippen LogP contribution in [0.5, 0.6) is 5.88 Å². The Morgan fingerprint density at radius 1 is 1.10 bits per heavy atom. The van der Waals surface area contributed by atoms with Crippen molar-refractivity contribution in [3.8, 4) is 5.88 Å². The lowest BCUT2D eigenvalue weighted by atomic mass is 10.0. The molecule has 7 nitrogen and oxygen atoms in total. The predicted octanol–water partition coefficient (Wildman–Crippen LogP) is 3.74. The van der Waals surface area contributed by atoms with Crippen LogP contribution in [-0.4, -0.2) is 22.7 Å². The highest BCUT2D eigenvalue weighted by Crippen LogP contribution is 2.31. The Kier molecular flexibility index (Phi) is 5.56. The highest BCUT2D eigenvalue weighted by molar-refractivity contribution is 5.87. The molecule has 1 atom stereocenters. The number of pyridine rings is 2. The molecule has 148 valence electrons. The SMILES string of the molecule is CNc1ccc(C2CC(Cc3ccc(OCc4ccccc4)nc3)=NO2)c(N)n1. The molecule has 7 heteroatoms. The fraction of sp³-hybridized carbons (Fsp3) is 0.227. The van der Waals surface area contributed by atoms with Gasteiger partial charge < -0.3 is 20.6 Å². The largest absolute Gasteiger partial charge is 0.473 e. The molecule has 4 rings (SSSR count). The fourth-order valence-corrected chi connectivity index (χ4v) is 3.16. The number of nitrogens with zero attached hydrogens (tertiary/aromatic N) is 3. The van der Waals surface area contributed by atoms with E-state index in [1.165, 1.54) is 0 Å². The van der Waals surface area contributed by atoms with Crippen LogP contribution >= 0.6 is 0 Å². The van der Waals surface area contributed by atoms with E-state index in [0.717, 1.165) is 28.2 Å². The molecule has 0 spiro atoms. The molecule has 1 aromatic carbocycles. The number of oxime groups is 1. The van der Waals surface area contributed by atoms with Gasteiger partial charge in [-0.05, 0) is 23.3 Å². The lowest BCUT2D eigenvalue weighted by Gasteiger charge is -2.11. The third-order valence-electron chi connectivity index (χ3n) is 4.73. The van der Waals surface area contributed by atoms with Crippen molar-refractivity contribution in [2.75, 3.05) is 18.1 Å². The standard InChI is InChI=1S/C22H23N5O2/c1-24-20-9-8-18(22(23)26-20)19-12-17(27-29-19)11-16-7-10-21(25-13-16)28-14-15-5-3-2-4-6-15/h2-10,13,19H,11-12,14H2,1H3,(H3,23,24,26). The van der Waals surface area contributed by atoms with Gasteiger partial charge >= 0.3 is 0 Å². The lowest BCUT2D eigenvalue weighted by Crippen LogP contribution is -2.08. The molecule has 0 aliphatic carbocycles. The maximum Gasteiger partial charge on any atom is 0.213 e. The van der Waals surface area contributed by atoms with Crippen molar-refractivity contribution in [2.45, 2.75) is 25.6 Å². The molecular weight excluding hydrogens is 366 g/mol. The normalized spacial score (nSPS) is 15.5. The number of nitrogens with one attached hydrogen (secondary N) is 1. The van der Waals surface area contributed by atoms with E-state index in [0.29, 0.717) is 31.1 Å². The van der Waals surface area contributed by atoms with Crippen LogP contribution in [0.3, 0.4) is 0 Å². The molecule has 0 saturated carbocycles. The average Bonchev–Trinajstić information content (AvgIpc) is 3.22. The molecule has 1 aliphatic rings. The maximum absolute atomic E-state index is 6.06. The third kappa shape index (κ3) is 4.63. The maximum atomic E-state index is 6.06. The molecule has 0 radical (unpaired) electrons. The topological polar surface area (TPSA) is 94.6 Å². The molecule has 0 saturated heterocycles. The number of rotatable bonds is 7. The van der Waals surface area contributed by atoms with Crippen molar-refractivity contribution >= 4 is 17.3 Å². The van der Waals surface area contributed by atoms with Crippen LogP contribution in [0.4, 0.5) is 11.6 Å². The highest BCUT2D eigenvalue weighted by atomic mass is 16.6. The van der Waals surface area contributed by atoms with Crippen molar-refractivity contribution in [2.24, 2.45) is 5.16 Å². The second-order valence-corrected chi connectivity index (χ2v) is 6.83. The number of hydrogen-bond donors (Lipinski definition) is 2. The summed E-state index contributed by atoms with van der Waals surface area (Å²) in [5.74, 6) is 1.79. The Labute approximate surface area is 169 Å². The van der Waals surface area contributed by atoms with E-state index in [1.54, 1.807) is 7.05 Å². The summed E-state index contributed by atoms with van der Waals surface area (Å²) in [4.78, 5) is 14.3. The summed E-state index contributed by atoms with van der Waals surface area (Å²) in [6, 6.07) is 17.7. The van der Waals surface area contributed by atoms with Crippen LogP contribution in [0.15, 0.2) is 65.9 Å². The van der Waals surface area contributed by atoms with Gasteiger partial charge in [0.2, 0.25) is 5.88 Å². The monoisotopic (exact) mass is 389 g/mol. The van der Waals surface area contributed by atoms with Crippen LogP contribution in [0, 0.1) is 0 Å². The number of nitrogen functional groups attached to an aromatic ring is 1. The van der Waals surface area contributed by atoms with Crippen molar-refractivity contribution < 1.29 is 9.57 Å². The van der Waals surface area contributed by atoms with Gasteiger partial charge in [-0.1, -0.05) is 41.6 Å². The highest BCUT2D eigenvalue weighted by Gasteiger charge is 2.25. The quantitative estimate of drug-likeness (QED) is 0.639. The van der Waals surface area contributed by atoms with Gasteiger partial charge in [-0.3, -0.25) is 0 Å². The second-order valence-electron chi connectivity index (χ2n) is 6.83. The van der Waals surface area contributed by atoms with E-state index in [-0.39, 0.29) is 6.10 Å². The first-order valence-corrected chi connectivity index (χ1v) is 9.48. The molecule has 0 amide bonds. The number of aromatic nitrogens is 2. The van der Waals surface area contributed by atoms with Crippen LogP contribution in [0.1, 0.15) is 29.2 Å². The van der Waals surface area contributed by atoms with Crippen molar-refractivity contribution in [1.82, 2.24) is 9.97 Å². The van der Waals surface area contributed by atoms with Crippen LogP contribution in [0.25, 0.3) is 0 Å². The predicted molar refractivity (Wildman–Crippen MR) is 113 cm³/mol. The molecule has 3 heterocycles. The minimum absolute atomic E-state index is 0.204. The zero-order chi connectivity index (χ0) is 20.1. The Morgan fingerprint density at radius 2 is 1.97 bits per heavy atom. The zero-order valence-corrected chi connectivity index (χ0v) is 16.2. The molecule has 3 aromatic rings. The number of benzene rings is 1. The van der Waals surface area contributed by atoms with E-state index in [9.17, 15) is 0 Å². The van der Waals surface area contributed by atoms with Gasteiger partial charge in [0, 0.05) is 37.7 Å². The molecule has 1 aliphatic heterocycles. The van der Waals surface area contributed by atoms with Gasteiger partial charge in [-0.2, -0.15) is 0 Å². The molecule has 0 bridgehead atoms. The fourth-order valence-electron chi connectivity index (χ4n) is 3.16. The lowest BCUT2D eigenvalue weighted by molar-refractivity contribution is 0.0860. The molecule has 2 aromatic heterocycles. The van der Waals surface area contributed by atoms with Gasteiger partial charge in [-0.15, -0.1) is 0 Å². The summed E-state index contributed by atoms with van der Waals surface area (Å²) in [5.41, 5.74) is 10.0. The Morgan fingerprint density at radius 3 is 2.69 bits per heavy atom. The number of ether oxygens (including phenoxy) is 1. The Hall–Kier alpha value is -3.61. The summed E-state index contributed by atoms with van der Waals surface area (Å²) >= 11 is 0. The molecule has 1 unspecified atom stereocenters. The van der Waals surface area contributed by atoms with Crippen LogP contribution in [-0.2, 0) is 17.9 Å². The van der Waals surface area contributed by atoms with Crippen LogP contribution in [0.2, 0.25) is 0 Å². The molecule has 3 N–H and O–H groups in total. The smallest absolute Gasteiger partial charge is 0.213 e. The summed E-state index contributed by atoms with van der Waals surface area (Å²) < 4.78 is 5.73. The molecular formula is C22H23N5O2. The number of hydrogen-bond acceptors (Lipinski definition) is 7. The van der Waals surface area contributed by atoms with E-state index in [4.69, 9.17) is 15.3 Å². The minimum Gasteiger partial charge on any atom is -0.473 e. The minimum atomic E-state index is -0.204. The van der Waals surface area contributed by atoms with E-state index < -0.39 is 0 Å². The van der Waals surface area contributed by atoms with Gasteiger partial charge in [-0.25, -0.2) is 9.97 Å². The summed E-state index contributed by atoms with van der Waals surface area (Å²) in [5, 5.41) is 7.20. The van der Waals surface area contributed by atoms with Gasteiger partial charge in [0.1, 0.15) is 18.2 Å². The second kappa shape index (κ2) is 8.60. The summed E-state index contributed by atoms with van der Waals surface area (Å²) in [7, 11) is 1.81. The van der Waals surface area contributed by atoms with Crippen molar-refractivity contribution in [1.29, 1.82) is 0 Å². The van der Waals surface area contributed by atoms with Gasteiger partial charge in [0.25, 0.3) is 0 Å². The molecule has 29 heavy (non-hydrogen) atoms. The van der Waals surface area contributed by atoms with Crippen LogP contribution < -0.4 is 15.8 Å². The van der Waals surface area contributed by atoms with Gasteiger partial charge in [0.05, 0.1) is 5.71 Å². The summed E-state index contributed by atoms with van der Waals surface area (Å²) in [6.45, 7) is 0.497. The van der Waals surface area contributed by atoms with Crippen molar-refractivity contribution in [3.05, 3.63) is 77.5 Å². The van der Waals surface area contributed by atoms with E-state index in [1.807, 2.05) is 60.8 Å². The number of nitrogens with two attached hydrogens (primary N) is 1. The summed E-state index contributed by atoms with van der Waals surface area (Å²) in [6.07, 6.45) is 2.96. The number of anilines is 2.